The third kappa shape index (κ3) is 4.29. The molecule has 0 aromatic heterocycles. The maximum absolute atomic E-state index is 12.1. The van der Waals surface area contributed by atoms with Crippen LogP contribution in [0.1, 0.15) is 61.8 Å². The topological polar surface area (TPSA) is 38.7 Å². The third-order valence-electron chi connectivity index (χ3n) is 4.55. The molecule has 0 saturated heterocycles. The van der Waals surface area contributed by atoms with Crippen LogP contribution in [0.4, 0.5) is 0 Å². The van der Waals surface area contributed by atoms with E-state index < -0.39 is 5.97 Å². The molecule has 3 nitrogen and oxygen atoms in total. The first-order valence-corrected chi connectivity index (χ1v) is 9.28. The minimum atomic E-state index is -0.400. The van der Waals surface area contributed by atoms with Crippen molar-refractivity contribution in [3.63, 3.8) is 0 Å². The first kappa shape index (κ1) is 18.1. The van der Waals surface area contributed by atoms with Crippen molar-refractivity contribution in [2.75, 3.05) is 0 Å². The summed E-state index contributed by atoms with van der Waals surface area (Å²) in [6.45, 7) is 6.50. The largest absolute Gasteiger partial charge is 0.402 e. The van der Waals surface area contributed by atoms with Gasteiger partial charge in [0.25, 0.3) is 0 Å². The summed E-state index contributed by atoms with van der Waals surface area (Å²) in [5.74, 6) is 0.461. The molecule has 0 saturated carbocycles. The highest BCUT2D eigenvalue weighted by Crippen LogP contribution is 2.21. The summed E-state index contributed by atoms with van der Waals surface area (Å²) in [5.41, 5.74) is 4.68. The molecule has 0 atom stereocenters. The Morgan fingerprint density at radius 2 is 1.73 bits per heavy atom. The average Bonchev–Trinajstić information content (AvgIpc) is 3.01. The lowest BCUT2D eigenvalue weighted by molar-refractivity contribution is -0.129. The maximum atomic E-state index is 12.1. The van der Waals surface area contributed by atoms with Crippen molar-refractivity contribution < 1.29 is 9.53 Å². The van der Waals surface area contributed by atoms with E-state index in [1.54, 1.807) is 6.08 Å². The summed E-state index contributed by atoms with van der Waals surface area (Å²) in [4.78, 5) is 16.5. The van der Waals surface area contributed by atoms with Gasteiger partial charge in [0.05, 0.1) is 0 Å². The van der Waals surface area contributed by atoms with Gasteiger partial charge in [-0.3, -0.25) is 0 Å². The minimum Gasteiger partial charge on any atom is -0.402 e. The number of unbranched alkanes of at least 4 members (excludes halogenated alkanes) is 1. The van der Waals surface area contributed by atoms with Crippen molar-refractivity contribution in [3.8, 4) is 0 Å². The van der Waals surface area contributed by atoms with Crippen molar-refractivity contribution in [2.24, 2.45) is 4.99 Å². The number of aryl methyl sites for hydroxylation is 1. The number of ether oxygens (including phenoxy) is 1. The minimum absolute atomic E-state index is 0.340. The lowest BCUT2D eigenvalue weighted by atomic mass is 10.0. The molecule has 26 heavy (non-hydrogen) atoms. The number of hydrogen-bond donors (Lipinski definition) is 0. The second-order valence-corrected chi connectivity index (χ2v) is 6.96. The molecular weight excluding hydrogens is 322 g/mol. The quantitative estimate of drug-likeness (QED) is 0.511. The maximum Gasteiger partial charge on any atom is 0.363 e. The van der Waals surface area contributed by atoms with E-state index in [4.69, 9.17) is 4.74 Å². The molecule has 0 N–H and O–H groups in total. The number of esters is 1. The van der Waals surface area contributed by atoms with Crippen LogP contribution in [0, 0.1) is 0 Å². The van der Waals surface area contributed by atoms with Gasteiger partial charge in [-0.15, -0.1) is 0 Å². The Morgan fingerprint density at radius 1 is 1.04 bits per heavy atom. The first-order chi connectivity index (χ1) is 12.6. The summed E-state index contributed by atoms with van der Waals surface area (Å²) in [7, 11) is 0. The van der Waals surface area contributed by atoms with E-state index in [0.29, 0.717) is 17.5 Å². The number of aliphatic imine (C=N–C) groups is 1. The van der Waals surface area contributed by atoms with E-state index in [2.05, 4.69) is 50.0 Å². The number of carbonyl (C=O) groups excluding carboxylic acids is 1. The first-order valence-electron chi connectivity index (χ1n) is 9.28. The Bertz CT molecular complexity index is 828. The molecule has 0 aliphatic carbocycles. The van der Waals surface area contributed by atoms with Gasteiger partial charge < -0.3 is 4.74 Å². The van der Waals surface area contributed by atoms with Gasteiger partial charge in [-0.25, -0.2) is 9.79 Å². The molecule has 0 unspecified atom stereocenters. The van der Waals surface area contributed by atoms with Crippen molar-refractivity contribution in [1.29, 1.82) is 0 Å². The lowest BCUT2D eigenvalue weighted by Crippen LogP contribution is -2.05. The number of rotatable bonds is 6. The van der Waals surface area contributed by atoms with E-state index in [9.17, 15) is 4.79 Å². The highest BCUT2D eigenvalue weighted by atomic mass is 16.6. The van der Waals surface area contributed by atoms with Gasteiger partial charge in [0.15, 0.2) is 5.70 Å². The van der Waals surface area contributed by atoms with Crippen LogP contribution in [-0.2, 0) is 16.0 Å². The zero-order valence-corrected chi connectivity index (χ0v) is 15.7. The summed E-state index contributed by atoms with van der Waals surface area (Å²) in [5, 5.41) is 0. The zero-order valence-electron chi connectivity index (χ0n) is 15.7. The number of nitrogens with zero attached hydrogens (tertiary/aromatic N) is 1. The Labute approximate surface area is 155 Å². The van der Waals surface area contributed by atoms with Gasteiger partial charge in [0.1, 0.15) is 0 Å². The Hall–Kier alpha value is -2.68. The Balaban J connectivity index is 1.77. The van der Waals surface area contributed by atoms with Crippen LogP contribution in [-0.4, -0.2) is 11.9 Å². The van der Waals surface area contributed by atoms with Crippen molar-refractivity contribution in [3.05, 3.63) is 76.5 Å². The summed E-state index contributed by atoms with van der Waals surface area (Å²) in [6, 6.07) is 16.3. The Morgan fingerprint density at radius 3 is 2.35 bits per heavy atom. The van der Waals surface area contributed by atoms with E-state index in [-0.39, 0.29) is 0 Å². The zero-order chi connectivity index (χ0) is 18.5. The van der Waals surface area contributed by atoms with Gasteiger partial charge >= 0.3 is 5.97 Å². The molecule has 2 aromatic carbocycles. The second kappa shape index (κ2) is 8.13. The lowest BCUT2D eigenvalue weighted by Gasteiger charge is -2.04. The van der Waals surface area contributed by atoms with Crippen LogP contribution >= 0.6 is 0 Å². The van der Waals surface area contributed by atoms with Gasteiger partial charge in [-0.1, -0.05) is 63.6 Å². The molecule has 2 aromatic rings. The highest BCUT2D eigenvalue weighted by molar-refractivity contribution is 6.12. The molecule has 0 spiro atoms. The molecule has 0 fully saturated rings. The molecule has 134 valence electrons. The molecule has 1 heterocycles. The van der Waals surface area contributed by atoms with Crippen LogP contribution in [0.3, 0.4) is 0 Å². The fourth-order valence-electron chi connectivity index (χ4n) is 2.86. The number of hydrogen-bond acceptors (Lipinski definition) is 3. The number of benzene rings is 2. The summed E-state index contributed by atoms with van der Waals surface area (Å²) in [6.07, 6.45) is 5.20. The van der Waals surface area contributed by atoms with Gasteiger partial charge in [-0.05, 0) is 53.7 Å². The van der Waals surface area contributed by atoms with Crippen LogP contribution < -0.4 is 0 Å². The summed E-state index contributed by atoms with van der Waals surface area (Å²) < 4.78 is 5.36. The van der Waals surface area contributed by atoms with Crippen LogP contribution in [0.5, 0.6) is 0 Å². The average molecular weight is 347 g/mol. The molecule has 0 amide bonds. The van der Waals surface area contributed by atoms with Gasteiger partial charge in [0, 0.05) is 5.56 Å². The normalized spacial score (nSPS) is 15.5. The van der Waals surface area contributed by atoms with E-state index in [1.807, 2.05) is 24.3 Å². The highest BCUT2D eigenvalue weighted by Gasteiger charge is 2.24. The number of carbonyl (C=O) groups is 1. The second-order valence-electron chi connectivity index (χ2n) is 6.96. The fraction of sp³-hybridized carbons (Fsp3) is 0.304. The molecule has 1 aliphatic heterocycles. The van der Waals surface area contributed by atoms with E-state index >= 15 is 0 Å². The van der Waals surface area contributed by atoms with E-state index in [1.165, 1.54) is 24.0 Å². The molecule has 3 heteroatoms. The monoisotopic (exact) mass is 347 g/mol. The van der Waals surface area contributed by atoms with E-state index in [0.717, 1.165) is 17.5 Å². The summed E-state index contributed by atoms with van der Waals surface area (Å²) >= 11 is 0. The standard InChI is InChI=1S/C23H25NO2/c1-4-5-6-17-7-13-20(14-8-17)22-24-21(23(25)26-22)15-18-9-11-19(12-10-18)16(2)3/h7-16H,4-6H2,1-3H3. The molecule has 0 bridgehead atoms. The fourth-order valence-corrected chi connectivity index (χ4v) is 2.86. The molecule has 0 radical (unpaired) electrons. The smallest absolute Gasteiger partial charge is 0.363 e. The number of cyclic esters (lactones) is 1. The van der Waals surface area contributed by atoms with Crippen LogP contribution in [0.25, 0.3) is 6.08 Å². The molecule has 3 rings (SSSR count). The predicted octanol–water partition coefficient (Wildman–Crippen LogP) is 5.50. The molecular formula is C23H25NO2. The van der Waals surface area contributed by atoms with Gasteiger partial charge in [0.2, 0.25) is 5.90 Å². The molecule has 1 aliphatic rings. The van der Waals surface area contributed by atoms with Crippen LogP contribution in [0.2, 0.25) is 0 Å². The van der Waals surface area contributed by atoms with Gasteiger partial charge in [-0.2, -0.15) is 0 Å². The predicted molar refractivity (Wildman–Crippen MR) is 106 cm³/mol. The SMILES string of the molecule is CCCCc1ccc(C2=NC(=Cc3ccc(C(C)C)cc3)C(=O)O2)cc1. The van der Waals surface area contributed by atoms with Crippen molar-refractivity contribution in [2.45, 2.75) is 46.0 Å². The van der Waals surface area contributed by atoms with Crippen molar-refractivity contribution in [1.82, 2.24) is 0 Å². The Kier molecular flexibility index (Phi) is 5.67. The van der Waals surface area contributed by atoms with Crippen LogP contribution in [0.15, 0.2) is 59.2 Å². The third-order valence-corrected chi connectivity index (χ3v) is 4.55. The van der Waals surface area contributed by atoms with Crippen molar-refractivity contribution >= 4 is 17.9 Å².